The lowest BCUT2D eigenvalue weighted by molar-refractivity contribution is -0.118. The summed E-state index contributed by atoms with van der Waals surface area (Å²) < 4.78 is 31.6. The Morgan fingerprint density at radius 2 is 1.89 bits per heavy atom. The summed E-state index contributed by atoms with van der Waals surface area (Å²) in [5.41, 5.74) is 1.63. The van der Waals surface area contributed by atoms with Gasteiger partial charge in [0, 0.05) is 17.4 Å². The zero-order valence-electron chi connectivity index (χ0n) is 14.2. The maximum absolute atomic E-state index is 12.0. The Hall–Kier alpha value is -3.47. The number of nitrogens with one attached hydrogen (secondary N) is 2. The van der Waals surface area contributed by atoms with Crippen LogP contribution >= 0.6 is 0 Å². The summed E-state index contributed by atoms with van der Waals surface area (Å²) in [6.45, 7) is -0.192. The van der Waals surface area contributed by atoms with Gasteiger partial charge < -0.3 is 10.1 Å². The Morgan fingerprint density at radius 1 is 1.15 bits per heavy atom. The molecule has 0 saturated heterocycles. The third-order valence-electron chi connectivity index (χ3n) is 3.27. The number of carbonyl (C=O) groups is 1. The molecule has 0 atom stereocenters. The van der Waals surface area contributed by atoms with Gasteiger partial charge in [-0.2, -0.15) is 0 Å². The fourth-order valence-corrected chi connectivity index (χ4v) is 2.74. The first-order valence-electron chi connectivity index (χ1n) is 7.73. The van der Waals surface area contributed by atoms with E-state index in [2.05, 4.69) is 25.6 Å². The number of tetrazole rings is 1. The van der Waals surface area contributed by atoms with Gasteiger partial charge in [-0.15, -0.1) is 5.10 Å². The fourth-order valence-electron chi connectivity index (χ4n) is 2.18. The molecule has 2 N–H and O–H groups in total. The number of hydrogen-bond acceptors (Lipinski definition) is 7. The SMILES string of the molecule is CS(=O)(=O)Nc1ccc(NC(=O)COc2cccc(-n3cnnn3)c2)cc1. The molecule has 3 rings (SSSR count). The fraction of sp³-hybridized carbons (Fsp3) is 0.125. The van der Waals surface area contributed by atoms with Crippen LogP contribution in [0.1, 0.15) is 0 Å². The highest BCUT2D eigenvalue weighted by Crippen LogP contribution is 2.17. The van der Waals surface area contributed by atoms with Gasteiger partial charge in [0.1, 0.15) is 12.1 Å². The van der Waals surface area contributed by atoms with Crippen LogP contribution in [-0.4, -0.2) is 47.4 Å². The summed E-state index contributed by atoms with van der Waals surface area (Å²) >= 11 is 0. The Kier molecular flexibility index (Phi) is 5.31. The third kappa shape index (κ3) is 5.51. The first-order valence-corrected chi connectivity index (χ1v) is 9.62. The van der Waals surface area contributed by atoms with Gasteiger partial charge in [0.25, 0.3) is 5.91 Å². The zero-order chi connectivity index (χ0) is 19.3. The van der Waals surface area contributed by atoms with Gasteiger partial charge in [-0.05, 0) is 46.8 Å². The molecule has 1 heterocycles. The van der Waals surface area contributed by atoms with Gasteiger partial charge in [-0.25, -0.2) is 13.1 Å². The van der Waals surface area contributed by atoms with Gasteiger partial charge in [-0.1, -0.05) is 6.07 Å². The van der Waals surface area contributed by atoms with Gasteiger partial charge >= 0.3 is 0 Å². The van der Waals surface area contributed by atoms with Crippen LogP contribution in [0.15, 0.2) is 54.9 Å². The molecule has 0 aliphatic heterocycles. The van der Waals surface area contributed by atoms with Crippen LogP contribution in [0.5, 0.6) is 5.75 Å². The molecule has 11 heteroatoms. The average Bonchev–Trinajstić information content (AvgIpc) is 3.15. The van der Waals surface area contributed by atoms with Gasteiger partial charge in [0.05, 0.1) is 11.9 Å². The van der Waals surface area contributed by atoms with E-state index >= 15 is 0 Å². The van der Waals surface area contributed by atoms with E-state index in [4.69, 9.17) is 4.74 Å². The average molecular weight is 388 g/mol. The number of carbonyl (C=O) groups excluding carboxylic acids is 1. The largest absolute Gasteiger partial charge is 0.484 e. The van der Waals surface area contributed by atoms with Crippen molar-refractivity contribution >= 4 is 27.3 Å². The van der Waals surface area contributed by atoms with Gasteiger partial charge in [0.15, 0.2) is 6.61 Å². The molecule has 0 unspecified atom stereocenters. The van der Waals surface area contributed by atoms with Crippen molar-refractivity contribution < 1.29 is 17.9 Å². The Morgan fingerprint density at radius 3 is 2.56 bits per heavy atom. The molecule has 2 aromatic carbocycles. The number of aromatic nitrogens is 4. The summed E-state index contributed by atoms with van der Waals surface area (Å²) in [6.07, 6.45) is 2.52. The summed E-state index contributed by atoms with van der Waals surface area (Å²) in [5.74, 6) is 0.137. The molecule has 0 fully saturated rings. The number of amides is 1. The number of ether oxygens (including phenoxy) is 1. The van der Waals surface area contributed by atoms with E-state index in [0.717, 1.165) is 6.26 Å². The van der Waals surface area contributed by atoms with Gasteiger partial charge in [0.2, 0.25) is 10.0 Å². The topological polar surface area (TPSA) is 128 Å². The summed E-state index contributed by atoms with van der Waals surface area (Å²) in [7, 11) is -3.34. The van der Waals surface area contributed by atoms with Crippen LogP contribution in [0.25, 0.3) is 5.69 Å². The molecule has 0 spiro atoms. The minimum Gasteiger partial charge on any atom is -0.484 e. The number of rotatable bonds is 7. The van der Waals surface area contributed by atoms with Crippen molar-refractivity contribution in [2.24, 2.45) is 0 Å². The Bertz CT molecular complexity index is 1020. The van der Waals surface area contributed by atoms with E-state index in [1.165, 1.54) is 11.0 Å². The van der Waals surface area contributed by atoms with E-state index in [-0.39, 0.29) is 12.5 Å². The zero-order valence-corrected chi connectivity index (χ0v) is 15.0. The second kappa shape index (κ2) is 7.83. The molecule has 0 radical (unpaired) electrons. The Balaban J connectivity index is 1.55. The van der Waals surface area contributed by atoms with Crippen molar-refractivity contribution in [2.45, 2.75) is 0 Å². The lowest BCUT2D eigenvalue weighted by atomic mass is 10.3. The molecule has 0 aliphatic carbocycles. The lowest BCUT2D eigenvalue weighted by Gasteiger charge is -2.09. The van der Waals surface area contributed by atoms with E-state index in [0.29, 0.717) is 22.8 Å². The van der Waals surface area contributed by atoms with E-state index in [9.17, 15) is 13.2 Å². The number of hydrogen-bond donors (Lipinski definition) is 2. The molecule has 140 valence electrons. The van der Waals surface area contributed by atoms with Crippen LogP contribution in [0, 0.1) is 0 Å². The number of benzene rings is 2. The van der Waals surface area contributed by atoms with Crippen LogP contribution < -0.4 is 14.8 Å². The van der Waals surface area contributed by atoms with Crippen LogP contribution in [0.4, 0.5) is 11.4 Å². The highest BCUT2D eigenvalue weighted by atomic mass is 32.2. The molecule has 0 aliphatic rings. The molecular formula is C16H16N6O4S. The minimum absolute atomic E-state index is 0.192. The number of nitrogens with zero attached hydrogens (tertiary/aromatic N) is 4. The summed E-state index contributed by atoms with van der Waals surface area (Å²) in [4.78, 5) is 12.0. The molecule has 3 aromatic rings. The van der Waals surface area contributed by atoms with Crippen molar-refractivity contribution in [3.8, 4) is 11.4 Å². The quantitative estimate of drug-likeness (QED) is 0.619. The second-order valence-corrected chi connectivity index (χ2v) is 7.29. The third-order valence-corrected chi connectivity index (χ3v) is 3.88. The predicted molar refractivity (Wildman–Crippen MR) is 98.2 cm³/mol. The highest BCUT2D eigenvalue weighted by molar-refractivity contribution is 7.92. The molecule has 0 bridgehead atoms. The summed E-state index contributed by atoms with van der Waals surface area (Å²) in [6, 6.07) is 13.3. The number of sulfonamides is 1. The lowest BCUT2D eigenvalue weighted by Crippen LogP contribution is -2.20. The maximum Gasteiger partial charge on any atom is 0.262 e. The van der Waals surface area contributed by atoms with Crippen molar-refractivity contribution in [3.05, 3.63) is 54.9 Å². The van der Waals surface area contributed by atoms with E-state index < -0.39 is 10.0 Å². The van der Waals surface area contributed by atoms with Crippen molar-refractivity contribution in [2.75, 3.05) is 22.9 Å². The first-order chi connectivity index (χ1) is 12.9. The normalized spacial score (nSPS) is 11.0. The molecule has 0 saturated carbocycles. The molecule has 27 heavy (non-hydrogen) atoms. The van der Waals surface area contributed by atoms with Crippen molar-refractivity contribution in [3.63, 3.8) is 0 Å². The van der Waals surface area contributed by atoms with Crippen LogP contribution in [-0.2, 0) is 14.8 Å². The molecule has 1 amide bonds. The minimum atomic E-state index is -3.34. The second-order valence-electron chi connectivity index (χ2n) is 5.54. The predicted octanol–water partition coefficient (Wildman–Crippen LogP) is 1.05. The standard InChI is InChI=1S/C16H16N6O4S/c1-27(24,25)19-13-7-5-12(6-8-13)18-16(23)10-26-15-4-2-3-14(9-15)22-11-17-20-21-22/h2-9,11,19H,10H2,1H3,(H,18,23). The van der Waals surface area contributed by atoms with Crippen molar-refractivity contribution in [1.29, 1.82) is 0 Å². The van der Waals surface area contributed by atoms with E-state index in [1.807, 2.05) is 0 Å². The first kappa shape index (κ1) is 18.3. The van der Waals surface area contributed by atoms with Crippen LogP contribution in [0.2, 0.25) is 0 Å². The van der Waals surface area contributed by atoms with Crippen molar-refractivity contribution in [1.82, 2.24) is 20.2 Å². The highest BCUT2D eigenvalue weighted by Gasteiger charge is 2.07. The maximum atomic E-state index is 12.0. The molecular weight excluding hydrogens is 372 g/mol. The molecule has 10 nitrogen and oxygen atoms in total. The smallest absolute Gasteiger partial charge is 0.262 e. The summed E-state index contributed by atoms with van der Waals surface area (Å²) in [5, 5.41) is 13.6. The van der Waals surface area contributed by atoms with Gasteiger partial charge in [-0.3, -0.25) is 9.52 Å². The Labute approximate surface area is 155 Å². The number of anilines is 2. The molecule has 1 aromatic heterocycles. The monoisotopic (exact) mass is 388 g/mol. The van der Waals surface area contributed by atoms with Crippen LogP contribution in [0.3, 0.4) is 0 Å². The van der Waals surface area contributed by atoms with E-state index in [1.54, 1.807) is 48.5 Å².